The van der Waals surface area contributed by atoms with Crippen molar-refractivity contribution < 1.29 is 14.5 Å². The van der Waals surface area contributed by atoms with E-state index in [4.69, 9.17) is 11.6 Å². The SMILES string of the molecule is Cc1ccccc1NC1=C(Cl)C(=O)N(c2cccc([N+](=O)[O-])c2)C1=O. The van der Waals surface area contributed by atoms with Gasteiger partial charge in [0.05, 0.1) is 10.6 Å². The number of nitro groups is 1. The first kappa shape index (κ1) is 16.7. The van der Waals surface area contributed by atoms with Gasteiger partial charge in [-0.15, -0.1) is 0 Å². The Balaban J connectivity index is 1.95. The summed E-state index contributed by atoms with van der Waals surface area (Å²) in [5, 5.41) is 13.5. The third-order valence-corrected chi connectivity index (χ3v) is 4.08. The molecule has 0 unspecified atom stereocenters. The molecule has 0 atom stereocenters. The van der Waals surface area contributed by atoms with Crippen LogP contribution < -0.4 is 10.2 Å². The van der Waals surface area contributed by atoms with Crippen LogP contribution in [0.3, 0.4) is 0 Å². The Kier molecular flexibility index (Phi) is 4.24. The molecule has 0 bridgehead atoms. The number of nitrogens with zero attached hydrogens (tertiary/aromatic N) is 2. The zero-order chi connectivity index (χ0) is 18.1. The van der Waals surface area contributed by atoms with Gasteiger partial charge in [-0.25, -0.2) is 4.90 Å². The van der Waals surface area contributed by atoms with Crippen LogP contribution in [-0.2, 0) is 9.59 Å². The third-order valence-electron chi connectivity index (χ3n) is 3.73. The highest BCUT2D eigenvalue weighted by Crippen LogP contribution is 2.32. The van der Waals surface area contributed by atoms with Gasteiger partial charge in [0.25, 0.3) is 17.5 Å². The molecule has 2 aromatic rings. The van der Waals surface area contributed by atoms with Gasteiger partial charge in [0, 0.05) is 17.8 Å². The molecule has 0 saturated carbocycles. The van der Waals surface area contributed by atoms with Crippen molar-refractivity contribution in [2.45, 2.75) is 6.92 Å². The van der Waals surface area contributed by atoms with Crippen LogP contribution in [0.2, 0.25) is 0 Å². The second-order valence-electron chi connectivity index (χ2n) is 5.35. The fourth-order valence-corrected chi connectivity index (χ4v) is 2.65. The molecule has 0 fully saturated rings. The van der Waals surface area contributed by atoms with Crippen LogP contribution in [0.5, 0.6) is 0 Å². The maximum Gasteiger partial charge on any atom is 0.283 e. The van der Waals surface area contributed by atoms with Crippen LogP contribution in [0, 0.1) is 17.0 Å². The van der Waals surface area contributed by atoms with Crippen LogP contribution in [0.1, 0.15) is 5.56 Å². The van der Waals surface area contributed by atoms with Crippen molar-refractivity contribution in [1.82, 2.24) is 0 Å². The standard InChI is InChI=1S/C17H12ClN3O4/c1-10-5-2-3-8-13(10)19-15-14(18)16(22)20(17(15)23)11-6-4-7-12(9-11)21(24)25/h2-9,19H,1H3. The number of hydrogen-bond acceptors (Lipinski definition) is 5. The summed E-state index contributed by atoms with van der Waals surface area (Å²) in [6.07, 6.45) is 0. The van der Waals surface area contributed by atoms with Crippen molar-refractivity contribution in [2.75, 3.05) is 10.2 Å². The number of nitro benzene ring substituents is 1. The molecule has 0 aliphatic carbocycles. The third kappa shape index (κ3) is 2.97. The summed E-state index contributed by atoms with van der Waals surface area (Å²) < 4.78 is 0. The molecule has 0 spiro atoms. The molecule has 0 radical (unpaired) electrons. The summed E-state index contributed by atoms with van der Waals surface area (Å²) in [5.74, 6) is -1.40. The number of non-ortho nitro benzene ring substituents is 1. The van der Waals surface area contributed by atoms with E-state index in [0.29, 0.717) is 5.69 Å². The van der Waals surface area contributed by atoms with Gasteiger partial charge in [-0.2, -0.15) is 0 Å². The Labute approximate surface area is 147 Å². The lowest BCUT2D eigenvalue weighted by molar-refractivity contribution is -0.384. The molecule has 3 rings (SSSR count). The number of anilines is 2. The van der Waals surface area contributed by atoms with Gasteiger partial charge in [-0.1, -0.05) is 35.9 Å². The average molecular weight is 358 g/mol. The molecule has 2 amide bonds. The van der Waals surface area contributed by atoms with E-state index in [9.17, 15) is 19.7 Å². The molecule has 1 aliphatic rings. The minimum Gasteiger partial charge on any atom is -0.349 e. The molecule has 1 N–H and O–H groups in total. The number of aryl methyl sites for hydroxylation is 1. The average Bonchev–Trinajstić information content (AvgIpc) is 2.80. The van der Waals surface area contributed by atoms with Crippen LogP contribution in [-0.4, -0.2) is 16.7 Å². The Morgan fingerprint density at radius 3 is 2.48 bits per heavy atom. The fourth-order valence-electron chi connectivity index (χ4n) is 2.44. The van der Waals surface area contributed by atoms with Gasteiger partial charge in [-0.3, -0.25) is 19.7 Å². The van der Waals surface area contributed by atoms with Crippen LogP contribution >= 0.6 is 11.6 Å². The van der Waals surface area contributed by atoms with Crippen LogP contribution in [0.25, 0.3) is 0 Å². The van der Waals surface area contributed by atoms with E-state index >= 15 is 0 Å². The Morgan fingerprint density at radius 2 is 1.80 bits per heavy atom. The molecule has 2 aromatic carbocycles. The van der Waals surface area contributed by atoms with Gasteiger partial charge in [0.2, 0.25) is 0 Å². The van der Waals surface area contributed by atoms with Crippen molar-refractivity contribution in [3.05, 3.63) is 74.9 Å². The maximum absolute atomic E-state index is 12.7. The number of nitrogens with one attached hydrogen (secondary N) is 1. The minimum absolute atomic E-state index is 0.0625. The van der Waals surface area contributed by atoms with Gasteiger partial charge in [0.1, 0.15) is 10.7 Å². The lowest BCUT2D eigenvalue weighted by Gasteiger charge is -2.15. The molecule has 25 heavy (non-hydrogen) atoms. The first-order valence-electron chi connectivity index (χ1n) is 7.26. The summed E-state index contributed by atoms with van der Waals surface area (Å²) in [7, 11) is 0. The predicted molar refractivity (Wildman–Crippen MR) is 93.3 cm³/mol. The van der Waals surface area contributed by atoms with E-state index in [1.54, 1.807) is 12.1 Å². The van der Waals surface area contributed by atoms with Crippen LogP contribution in [0.4, 0.5) is 17.1 Å². The lowest BCUT2D eigenvalue weighted by Crippen LogP contribution is -2.32. The number of rotatable bonds is 4. The molecular weight excluding hydrogens is 346 g/mol. The topological polar surface area (TPSA) is 92.6 Å². The summed E-state index contributed by atoms with van der Waals surface area (Å²) in [5.41, 5.74) is 1.30. The number of halogens is 1. The van der Waals surface area contributed by atoms with Crippen molar-refractivity contribution >= 4 is 40.5 Å². The number of amides is 2. The molecule has 0 saturated heterocycles. The smallest absolute Gasteiger partial charge is 0.283 e. The van der Waals surface area contributed by atoms with E-state index in [2.05, 4.69) is 5.32 Å². The second kappa shape index (κ2) is 6.37. The quantitative estimate of drug-likeness (QED) is 0.514. The highest BCUT2D eigenvalue weighted by atomic mass is 35.5. The van der Waals surface area contributed by atoms with Gasteiger partial charge < -0.3 is 5.32 Å². The van der Waals surface area contributed by atoms with Crippen molar-refractivity contribution in [3.63, 3.8) is 0 Å². The number of carbonyl (C=O) groups excluding carboxylic acids is 2. The summed E-state index contributed by atoms with van der Waals surface area (Å²) in [4.78, 5) is 36.2. The lowest BCUT2D eigenvalue weighted by atomic mass is 10.2. The maximum atomic E-state index is 12.7. The highest BCUT2D eigenvalue weighted by Gasteiger charge is 2.39. The fraction of sp³-hybridized carbons (Fsp3) is 0.0588. The van der Waals surface area contributed by atoms with E-state index < -0.39 is 16.7 Å². The first-order valence-corrected chi connectivity index (χ1v) is 7.63. The van der Waals surface area contributed by atoms with E-state index in [1.807, 2.05) is 19.1 Å². The number of imide groups is 1. The highest BCUT2D eigenvalue weighted by molar-refractivity contribution is 6.53. The molecule has 0 aromatic heterocycles. The van der Waals surface area contributed by atoms with E-state index in [-0.39, 0.29) is 22.1 Å². The Bertz CT molecular complexity index is 939. The molecule has 7 nitrogen and oxygen atoms in total. The summed E-state index contributed by atoms with van der Waals surface area (Å²) in [6.45, 7) is 1.84. The molecule has 126 valence electrons. The monoisotopic (exact) mass is 357 g/mol. The van der Waals surface area contributed by atoms with Crippen molar-refractivity contribution in [1.29, 1.82) is 0 Å². The Hall–Kier alpha value is -3.19. The number of benzene rings is 2. The molecular formula is C17H12ClN3O4. The normalized spacial score (nSPS) is 14.2. The zero-order valence-electron chi connectivity index (χ0n) is 13.0. The minimum atomic E-state index is -0.733. The van der Waals surface area contributed by atoms with Gasteiger partial charge >= 0.3 is 0 Å². The van der Waals surface area contributed by atoms with Gasteiger partial charge in [0.15, 0.2) is 0 Å². The van der Waals surface area contributed by atoms with Crippen LogP contribution in [0.15, 0.2) is 59.3 Å². The first-order chi connectivity index (χ1) is 11.9. The number of carbonyl (C=O) groups is 2. The number of para-hydroxylation sites is 1. The van der Waals surface area contributed by atoms with Crippen molar-refractivity contribution in [3.8, 4) is 0 Å². The Morgan fingerprint density at radius 1 is 1.08 bits per heavy atom. The summed E-state index contributed by atoms with van der Waals surface area (Å²) in [6, 6.07) is 12.5. The zero-order valence-corrected chi connectivity index (χ0v) is 13.8. The van der Waals surface area contributed by atoms with E-state index in [0.717, 1.165) is 16.5 Å². The van der Waals surface area contributed by atoms with Gasteiger partial charge in [-0.05, 0) is 24.6 Å². The second-order valence-corrected chi connectivity index (χ2v) is 5.73. The number of hydrogen-bond donors (Lipinski definition) is 1. The predicted octanol–water partition coefficient (Wildman–Crippen LogP) is 3.34. The molecule has 8 heteroatoms. The van der Waals surface area contributed by atoms with Crippen molar-refractivity contribution in [2.24, 2.45) is 0 Å². The molecule has 1 aliphatic heterocycles. The van der Waals surface area contributed by atoms with E-state index in [1.165, 1.54) is 18.2 Å². The summed E-state index contributed by atoms with van der Waals surface area (Å²) >= 11 is 6.04. The largest absolute Gasteiger partial charge is 0.349 e. The molecule has 1 heterocycles.